The van der Waals surface area contributed by atoms with Gasteiger partial charge in [0.15, 0.2) is 11.6 Å². The van der Waals surface area contributed by atoms with E-state index in [0.29, 0.717) is 5.41 Å². The van der Waals surface area contributed by atoms with Crippen molar-refractivity contribution in [1.82, 2.24) is 5.32 Å². The Morgan fingerprint density at radius 3 is 2.40 bits per heavy atom. The van der Waals surface area contributed by atoms with Gasteiger partial charge in [0.05, 0.1) is 0 Å². The molecule has 1 N–H and O–H groups in total. The van der Waals surface area contributed by atoms with E-state index in [4.69, 9.17) is 0 Å². The lowest BCUT2D eigenvalue weighted by atomic mass is 9.65. The van der Waals surface area contributed by atoms with Crippen LogP contribution in [-0.4, -0.2) is 13.1 Å². The Labute approximate surface area is 86.8 Å². The first-order valence-electron chi connectivity index (χ1n) is 5.06. The third-order valence-corrected chi connectivity index (χ3v) is 3.27. The molecule has 0 saturated carbocycles. The summed E-state index contributed by atoms with van der Waals surface area (Å²) >= 11 is 0. The molecule has 1 heterocycles. The molecule has 15 heavy (non-hydrogen) atoms. The zero-order valence-electron chi connectivity index (χ0n) is 8.19. The highest BCUT2D eigenvalue weighted by molar-refractivity contribution is 5.73. The van der Waals surface area contributed by atoms with Crippen LogP contribution < -0.4 is 5.32 Å². The van der Waals surface area contributed by atoms with E-state index < -0.39 is 11.6 Å². The molecule has 0 bridgehead atoms. The predicted molar refractivity (Wildman–Crippen MR) is 54.3 cm³/mol. The fourth-order valence-electron chi connectivity index (χ4n) is 2.27. The van der Waals surface area contributed by atoms with Crippen molar-refractivity contribution in [2.45, 2.75) is 6.42 Å². The first kappa shape index (κ1) is 9.04. The molecule has 1 aliphatic carbocycles. The van der Waals surface area contributed by atoms with Gasteiger partial charge in [-0.3, -0.25) is 0 Å². The molecule has 0 amide bonds. The van der Waals surface area contributed by atoms with Crippen molar-refractivity contribution < 1.29 is 8.78 Å². The summed E-state index contributed by atoms with van der Waals surface area (Å²) in [7, 11) is 0. The number of allylic oxidation sites excluding steroid dienone is 1. The van der Waals surface area contributed by atoms with Crippen molar-refractivity contribution in [3.05, 3.63) is 41.5 Å². The fourth-order valence-corrected chi connectivity index (χ4v) is 2.27. The summed E-state index contributed by atoms with van der Waals surface area (Å²) in [6, 6.07) is 4.11. The van der Waals surface area contributed by atoms with Gasteiger partial charge in [-0.1, -0.05) is 12.1 Å². The quantitative estimate of drug-likeness (QED) is 0.745. The maximum Gasteiger partial charge on any atom is 0.159 e. The number of hydrogen-bond acceptors (Lipinski definition) is 1. The maximum atomic E-state index is 13.0. The van der Waals surface area contributed by atoms with Gasteiger partial charge >= 0.3 is 0 Å². The summed E-state index contributed by atoms with van der Waals surface area (Å²) in [6.45, 7) is 2.03. The Kier molecular flexibility index (Phi) is 1.74. The Morgan fingerprint density at radius 1 is 1.13 bits per heavy atom. The molecule has 0 atom stereocenters. The number of rotatable bonds is 1. The Hall–Kier alpha value is -1.22. The average Bonchev–Trinajstić information content (AvgIpc) is 2.06. The Balaban J connectivity index is 1.89. The summed E-state index contributed by atoms with van der Waals surface area (Å²) in [5.41, 5.74) is 2.27. The molecule has 3 rings (SSSR count). The predicted octanol–water partition coefficient (Wildman–Crippen LogP) is 2.34. The minimum absolute atomic E-state index is 0.320. The third-order valence-electron chi connectivity index (χ3n) is 3.27. The summed E-state index contributed by atoms with van der Waals surface area (Å²) in [5, 5.41) is 3.22. The first-order chi connectivity index (χ1) is 7.19. The number of nitrogens with one attached hydrogen (secondary N) is 1. The molecule has 3 heteroatoms. The van der Waals surface area contributed by atoms with Gasteiger partial charge in [0.25, 0.3) is 0 Å². The van der Waals surface area contributed by atoms with E-state index in [2.05, 4.69) is 11.4 Å². The van der Waals surface area contributed by atoms with Crippen LogP contribution in [0.1, 0.15) is 12.0 Å². The van der Waals surface area contributed by atoms with Crippen molar-refractivity contribution >= 4 is 5.57 Å². The number of hydrogen-bond donors (Lipinski definition) is 1. The highest BCUT2D eigenvalue weighted by Crippen LogP contribution is 2.46. The fraction of sp³-hybridized carbons (Fsp3) is 0.333. The minimum Gasteiger partial charge on any atom is -0.315 e. The van der Waals surface area contributed by atoms with Crippen LogP contribution in [0.2, 0.25) is 0 Å². The second-order valence-electron chi connectivity index (χ2n) is 4.44. The molecule has 1 aliphatic heterocycles. The lowest BCUT2D eigenvalue weighted by molar-refractivity contribution is 0.225. The molecule has 0 unspecified atom stereocenters. The molecule has 1 nitrogen and oxygen atoms in total. The molecule has 1 fully saturated rings. The lowest BCUT2D eigenvalue weighted by Gasteiger charge is -2.47. The second kappa shape index (κ2) is 2.89. The second-order valence-corrected chi connectivity index (χ2v) is 4.44. The van der Waals surface area contributed by atoms with E-state index in [1.54, 1.807) is 6.07 Å². The van der Waals surface area contributed by atoms with Gasteiger partial charge in [-0.15, -0.1) is 0 Å². The van der Waals surface area contributed by atoms with Crippen LogP contribution in [-0.2, 0) is 0 Å². The van der Waals surface area contributed by atoms with Gasteiger partial charge in [-0.25, -0.2) is 8.78 Å². The summed E-state index contributed by atoms with van der Waals surface area (Å²) < 4.78 is 25.7. The highest BCUT2D eigenvalue weighted by Gasteiger charge is 2.42. The summed E-state index contributed by atoms with van der Waals surface area (Å²) in [6.07, 6.45) is 3.15. The maximum absolute atomic E-state index is 13.0. The van der Waals surface area contributed by atoms with Gasteiger partial charge in [0.2, 0.25) is 0 Å². The molecule has 1 aromatic rings. The molecule has 1 saturated heterocycles. The van der Waals surface area contributed by atoms with Gasteiger partial charge in [-0.05, 0) is 29.7 Å². The van der Waals surface area contributed by atoms with Crippen LogP contribution >= 0.6 is 0 Å². The van der Waals surface area contributed by atoms with Crippen LogP contribution in [0.4, 0.5) is 8.78 Å². The minimum atomic E-state index is -0.779. The number of halogens is 2. The topological polar surface area (TPSA) is 12.0 Å². The molecule has 78 valence electrons. The van der Waals surface area contributed by atoms with E-state index in [1.807, 2.05) is 0 Å². The molecule has 0 radical (unpaired) electrons. The van der Waals surface area contributed by atoms with Crippen molar-refractivity contribution in [1.29, 1.82) is 0 Å². The van der Waals surface area contributed by atoms with Crippen LogP contribution in [0.25, 0.3) is 5.57 Å². The van der Waals surface area contributed by atoms with Gasteiger partial charge in [0.1, 0.15) is 0 Å². The van der Waals surface area contributed by atoms with Crippen molar-refractivity contribution in [3.63, 3.8) is 0 Å². The molecular weight excluding hydrogens is 196 g/mol. The van der Waals surface area contributed by atoms with Crippen LogP contribution in [0.5, 0.6) is 0 Å². The van der Waals surface area contributed by atoms with Gasteiger partial charge < -0.3 is 5.32 Å². The number of benzene rings is 1. The van der Waals surface area contributed by atoms with Crippen molar-refractivity contribution in [2.24, 2.45) is 5.41 Å². The lowest BCUT2D eigenvalue weighted by Crippen LogP contribution is -2.55. The SMILES string of the molecule is Fc1ccc(C2=CC3(CNC3)C2)cc1F. The Morgan fingerprint density at radius 2 is 1.87 bits per heavy atom. The van der Waals surface area contributed by atoms with E-state index >= 15 is 0 Å². The smallest absolute Gasteiger partial charge is 0.159 e. The van der Waals surface area contributed by atoms with Crippen LogP contribution in [0.15, 0.2) is 24.3 Å². The van der Waals surface area contributed by atoms with Crippen molar-refractivity contribution in [2.75, 3.05) is 13.1 Å². The standard InChI is InChI=1S/C12H11F2N/c13-10-2-1-8(3-11(10)14)9-4-12(5-9)6-15-7-12/h1-4,15H,5-7H2. The zero-order chi connectivity index (χ0) is 10.5. The monoisotopic (exact) mass is 207 g/mol. The first-order valence-corrected chi connectivity index (χ1v) is 5.06. The third kappa shape index (κ3) is 1.30. The van der Waals surface area contributed by atoms with E-state index in [0.717, 1.165) is 30.6 Å². The largest absolute Gasteiger partial charge is 0.315 e. The zero-order valence-corrected chi connectivity index (χ0v) is 8.19. The van der Waals surface area contributed by atoms with E-state index in [1.165, 1.54) is 12.1 Å². The van der Waals surface area contributed by atoms with Gasteiger partial charge in [0, 0.05) is 18.5 Å². The van der Waals surface area contributed by atoms with E-state index in [-0.39, 0.29) is 0 Å². The normalized spacial score (nSPS) is 21.9. The molecule has 1 aromatic carbocycles. The Bertz CT molecular complexity index is 447. The van der Waals surface area contributed by atoms with Gasteiger partial charge in [-0.2, -0.15) is 0 Å². The van der Waals surface area contributed by atoms with E-state index in [9.17, 15) is 8.78 Å². The van der Waals surface area contributed by atoms with Crippen molar-refractivity contribution in [3.8, 4) is 0 Å². The average molecular weight is 207 g/mol. The molecule has 1 spiro atoms. The molecule has 2 aliphatic rings. The highest BCUT2D eigenvalue weighted by atomic mass is 19.2. The summed E-state index contributed by atoms with van der Waals surface area (Å²) in [5.74, 6) is -1.54. The van der Waals surface area contributed by atoms with Crippen LogP contribution in [0, 0.1) is 17.0 Å². The molecule has 0 aromatic heterocycles. The summed E-state index contributed by atoms with van der Waals surface area (Å²) in [4.78, 5) is 0. The van der Waals surface area contributed by atoms with Crippen LogP contribution in [0.3, 0.4) is 0 Å². The molecular formula is C12H11F2N.